The van der Waals surface area contributed by atoms with Crippen LogP contribution in [0.15, 0.2) is 48.5 Å². The number of benzene rings is 2. The number of aliphatic hydroxyl groups is 1. The van der Waals surface area contributed by atoms with Crippen LogP contribution >= 0.6 is 0 Å². The zero-order chi connectivity index (χ0) is 15.6. The summed E-state index contributed by atoms with van der Waals surface area (Å²) >= 11 is 0. The minimum absolute atomic E-state index is 0.131. The van der Waals surface area contributed by atoms with Gasteiger partial charge in [0.25, 0.3) is 0 Å². The van der Waals surface area contributed by atoms with Crippen molar-refractivity contribution in [2.45, 2.75) is 49.3 Å². The summed E-state index contributed by atoms with van der Waals surface area (Å²) in [7, 11) is 2.23. The predicted octanol–water partition coefficient (Wildman–Crippen LogP) is 3.79. The quantitative estimate of drug-likeness (QED) is 0.866. The summed E-state index contributed by atoms with van der Waals surface area (Å²) in [5.41, 5.74) is 4.65. The van der Waals surface area contributed by atoms with Gasteiger partial charge in [0.05, 0.1) is 5.60 Å². The van der Waals surface area contributed by atoms with Crippen molar-refractivity contribution in [1.82, 2.24) is 4.90 Å². The van der Waals surface area contributed by atoms with Crippen molar-refractivity contribution >= 4 is 0 Å². The Morgan fingerprint density at radius 2 is 1.35 bits per heavy atom. The second kappa shape index (κ2) is 4.68. The van der Waals surface area contributed by atoms with E-state index in [-0.39, 0.29) is 5.92 Å². The molecule has 5 rings (SSSR count). The van der Waals surface area contributed by atoms with Gasteiger partial charge >= 0.3 is 0 Å². The van der Waals surface area contributed by atoms with Gasteiger partial charge < -0.3 is 10.0 Å². The summed E-state index contributed by atoms with van der Waals surface area (Å²) < 4.78 is 0. The predicted molar refractivity (Wildman–Crippen MR) is 92.5 cm³/mol. The molecule has 2 bridgehead atoms. The van der Waals surface area contributed by atoms with E-state index in [2.05, 4.69) is 60.5 Å². The molecular formula is C21H23NO. The first kappa shape index (κ1) is 13.8. The van der Waals surface area contributed by atoms with Crippen molar-refractivity contribution in [1.29, 1.82) is 0 Å². The largest absolute Gasteiger partial charge is 0.389 e. The monoisotopic (exact) mass is 305 g/mol. The minimum atomic E-state index is -0.610. The van der Waals surface area contributed by atoms with Crippen molar-refractivity contribution in [3.63, 3.8) is 0 Å². The average Bonchev–Trinajstić information content (AvgIpc) is 3.00. The molecule has 2 heterocycles. The first-order chi connectivity index (χ1) is 11.2. The van der Waals surface area contributed by atoms with Gasteiger partial charge in [-0.3, -0.25) is 0 Å². The van der Waals surface area contributed by atoms with E-state index < -0.39 is 5.60 Å². The molecular weight excluding hydrogens is 282 g/mol. The normalized spacial score (nSPS) is 32.8. The molecule has 2 nitrogen and oxygen atoms in total. The fourth-order valence-corrected chi connectivity index (χ4v) is 5.45. The first-order valence-electron chi connectivity index (χ1n) is 8.80. The lowest BCUT2D eigenvalue weighted by atomic mass is 9.72. The second-order valence-corrected chi connectivity index (χ2v) is 7.67. The molecule has 0 radical (unpaired) electrons. The molecule has 23 heavy (non-hydrogen) atoms. The Labute approximate surface area is 137 Å². The van der Waals surface area contributed by atoms with Gasteiger partial charge in [-0.25, -0.2) is 0 Å². The molecule has 0 spiro atoms. The number of fused-ring (bicyclic) bond motifs is 5. The Morgan fingerprint density at radius 3 is 1.87 bits per heavy atom. The van der Waals surface area contributed by atoms with E-state index in [1.165, 1.54) is 35.1 Å². The van der Waals surface area contributed by atoms with Gasteiger partial charge in [0, 0.05) is 18.0 Å². The average molecular weight is 305 g/mol. The van der Waals surface area contributed by atoms with E-state index >= 15 is 0 Å². The van der Waals surface area contributed by atoms with Crippen LogP contribution < -0.4 is 0 Å². The van der Waals surface area contributed by atoms with Gasteiger partial charge in [-0.2, -0.15) is 0 Å². The molecule has 118 valence electrons. The van der Waals surface area contributed by atoms with Crippen molar-refractivity contribution < 1.29 is 5.11 Å². The smallest absolute Gasteiger partial charge is 0.0786 e. The maximum absolute atomic E-state index is 11.7. The third-order valence-electron chi connectivity index (χ3n) is 6.53. The molecule has 2 heteroatoms. The highest BCUT2D eigenvalue weighted by Gasteiger charge is 2.52. The van der Waals surface area contributed by atoms with Crippen LogP contribution in [0.5, 0.6) is 0 Å². The first-order valence-corrected chi connectivity index (χ1v) is 8.80. The van der Waals surface area contributed by atoms with Crippen molar-refractivity contribution in [3.05, 3.63) is 59.7 Å². The van der Waals surface area contributed by atoms with Crippen molar-refractivity contribution in [2.24, 2.45) is 0 Å². The fourth-order valence-electron chi connectivity index (χ4n) is 5.45. The number of nitrogens with zero attached hydrogens (tertiary/aromatic N) is 1. The van der Waals surface area contributed by atoms with Crippen LogP contribution in [0.25, 0.3) is 11.1 Å². The molecule has 2 atom stereocenters. The standard InChI is InChI=1S/C21H23NO/c1-22-14-10-11-15(22)13-21(23,12-14)20-18-8-4-2-6-16(18)17-7-3-5-9-19(17)20/h2-9,14-15,20,23H,10-13H2,1H3. The summed E-state index contributed by atoms with van der Waals surface area (Å²) in [6, 6.07) is 18.4. The molecule has 2 saturated heterocycles. The molecule has 1 aliphatic carbocycles. The molecule has 1 N–H and O–H groups in total. The topological polar surface area (TPSA) is 23.5 Å². The zero-order valence-corrected chi connectivity index (χ0v) is 13.6. The summed E-state index contributed by atoms with van der Waals surface area (Å²) in [4.78, 5) is 2.50. The van der Waals surface area contributed by atoms with E-state index in [0.29, 0.717) is 12.1 Å². The van der Waals surface area contributed by atoms with Gasteiger partial charge in [-0.1, -0.05) is 48.5 Å². The van der Waals surface area contributed by atoms with Gasteiger partial charge in [0.15, 0.2) is 0 Å². The third-order valence-corrected chi connectivity index (χ3v) is 6.53. The van der Waals surface area contributed by atoms with E-state index in [0.717, 1.165) is 12.8 Å². The van der Waals surface area contributed by atoms with Gasteiger partial charge in [0.2, 0.25) is 0 Å². The van der Waals surface area contributed by atoms with Crippen LogP contribution in [0.3, 0.4) is 0 Å². The molecule has 2 aliphatic heterocycles. The number of piperidine rings is 1. The van der Waals surface area contributed by atoms with Crippen LogP contribution in [-0.2, 0) is 0 Å². The van der Waals surface area contributed by atoms with Crippen molar-refractivity contribution in [2.75, 3.05) is 7.05 Å². The van der Waals surface area contributed by atoms with Crippen molar-refractivity contribution in [3.8, 4) is 11.1 Å². The molecule has 2 unspecified atom stereocenters. The van der Waals surface area contributed by atoms with Crippen LogP contribution in [0, 0.1) is 0 Å². The molecule has 0 aromatic heterocycles. The van der Waals surface area contributed by atoms with Crippen LogP contribution in [0.1, 0.15) is 42.7 Å². The highest BCUT2D eigenvalue weighted by atomic mass is 16.3. The van der Waals surface area contributed by atoms with Gasteiger partial charge in [-0.05, 0) is 55.0 Å². The van der Waals surface area contributed by atoms with E-state index in [9.17, 15) is 5.11 Å². The lowest BCUT2D eigenvalue weighted by molar-refractivity contribution is -0.0549. The Morgan fingerprint density at radius 1 is 0.870 bits per heavy atom. The maximum Gasteiger partial charge on any atom is 0.0786 e. The Balaban J connectivity index is 1.66. The van der Waals surface area contributed by atoms with E-state index in [1.807, 2.05) is 0 Å². The Hall–Kier alpha value is -1.64. The lowest BCUT2D eigenvalue weighted by Gasteiger charge is -2.45. The van der Waals surface area contributed by atoms with Crippen LogP contribution in [-0.4, -0.2) is 34.7 Å². The number of hydrogen-bond donors (Lipinski definition) is 1. The van der Waals surface area contributed by atoms with E-state index in [1.54, 1.807) is 0 Å². The molecule has 2 aromatic carbocycles. The third kappa shape index (κ3) is 1.82. The van der Waals surface area contributed by atoms with Gasteiger partial charge in [-0.15, -0.1) is 0 Å². The number of rotatable bonds is 1. The van der Waals surface area contributed by atoms with Gasteiger partial charge in [0.1, 0.15) is 0 Å². The highest BCUT2D eigenvalue weighted by molar-refractivity contribution is 5.79. The summed E-state index contributed by atoms with van der Waals surface area (Å²) in [5, 5.41) is 11.7. The molecule has 2 aromatic rings. The Kier molecular flexibility index (Phi) is 2.80. The maximum atomic E-state index is 11.7. The van der Waals surface area contributed by atoms with E-state index in [4.69, 9.17) is 0 Å². The fraction of sp³-hybridized carbons (Fsp3) is 0.429. The van der Waals surface area contributed by atoms with Crippen LogP contribution in [0.2, 0.25) is 0 Å². The highest BCUT2D eigenvalue weighted by Crippen LogP contribution is 2.55. The number of hydrogen-bond acceptors (Lipinski definition) is 2. The SMILES string of the molecule is CN1C2CCC1CC(O)(C1c3ccccc3-c3ccccc31)C2. The minimum Gasteiger partial charge on any atom is -0.389 e. The van der Waals surface area contributed by atoms with Crippen LogP contribution in [0.4, 0.5) is 0 Å². The summed E-state index contributed by atoms with van der Waals surface area (Å²) in [6.07, 6.45) is 4.26. The zero-order valence-electron chi connectivity index (χ0n) is 13.6. The second-order valence-electron chi connectivity index (χ2n) is 7.67. The summed E-state index contributed by atoms with van der Waals surface area (Å²) in [6.45, 7) is 0. The molecule has 0 saturated carbocycles. The lowest BCUT2D eigenvalue weighted by Crippen LogP contribution is -2.52. The molecule has 0 amide bonds. The molecule has 2 fully saturated rings. The summed E-state index contributed by atoms with van der Waals surface area (Å²) in [5.74, 6) is 0.131. The molecule has 3 aliphatic rings. The Bertz CT molecular complexity index is 708.